The fraction of sp³-hybridized carbons (Fsp3) is 0.318. The maximum atomic E-state index is 12.2. The molecular weight excluding hydrogens is 340 g/mol. The van der Waals surface area contributed by atoms with Crippen LogP contribution in [0.5, 0.6) is 0 Å². The van der Waals surface area contributed by atoms with Crippen molar-refractivity contribution in [3.8, 4) is 0 Å². The Labute approximate surface area is 159 Å². The van der Waals surface area contributed by atoms with E-state index in [0.29, 0.717) is 11.3 Å². The fourth-order valence-corrected chi connectivity index (χ4v) is 3.37. The molecule has 2 aromatic carbocycles. The number of hydrogen-bond donors (Lipinski definition) is 2. The normalized spacial score (nSPS) is 14.0. The van der Waals surface area contributed by atoms with Gasteiger partial charge in [0.2, 0.25) is 0 Å². The van der Waals surface area contributed by atoms with E-state index in [4.69, 9.17) is 0 Å². The zero-order valence-electron chi connectivity index (χ0n) is 15.7. The molecule has 0 heterocycles. The van der Waals surface area contributed by atoms with Crippen LogP contribution < -0.4 is 10.6 Å². The first-order valence-corrected chi connectivity index (χ1v) is 9.28. The molecule has 0 radical (unpaired) electrons. The molecule has 2 amide bonds. The molecule has 0 aliphatic heterocycles. The average Bonchev–Trinajstić information content (AvgIpc) is 2.67. The van der Waals surface area contributed by atoms with Crippen LogP contribution in [0.3, 0.4) is 0 Å². The van der Waals surface area contributed by atoms with E-state index in [9.17, 15) is 14.4 Å². The largest absolute Gasteiger partial charge is 0.341 e. The number of nitrogens with one attached hydrogen (secondary N) is 2. The van der Waals surface area contributed by atoms with Gasteiger partial charge in [-0.05, 0) is 68.4 Å². The number of anilines is 1. The molecule has 0 saturated heterocycles. The van der Waals surface area contributed by atoms with Gasteiger partial charge in [0.1, 0.15) is 0 Å². The lowest BCUT2D eigenvalue weighted by Crippen LogP contribution is -2.37. The van der Waals surface area contributed by atoms with Gasteiger partial charge < -0.3 is 10.6 Å². The molecule has 5 nitrogen and oxygen atoms in total. The number of fused-ring (bicyclic) bond motifs is 1. The third-order valence-electron chi connectivity index (χ3n) is 4.95. The third-order valence-corrected chi connectivity index (χ3v) is 4.95. The lowest BCUT2D eigenvalue weighted by molar-refractivity contribution is -0.136. The van der Waals surface area contributed by atoms with Gasteiger partial charge in [-0.25, -0.2) is 0 Å². The van der Waals surface area contributed by atoms with Gasteiger partial charge in [0.15, 0.2) is 5.78 Å². The summed E-state index contributed by atoms with van der Waals surface area (Å²) >= 11 is 0. The Kier molecular flexibility index (Phi) is 5.69. The van der Waals surface area contributed by atoms with Crippen molar-refractivity contribution in [2.45, 2.75) is 45.6 Å². The van der Waals surface area contributed by atoms with Crippen LogP contribution in [0.15, 0.2) is 42.5 Å². The second-order valence-corrected chi connectivity index (χ2v) is 7.02. The van der Waals surface area contributed by atoms with Crippen molar-refractivity contribution in [3.05, 3.63) is 64.7 Å². The second kappa shape index (κ2) is 8.16. The summed E-state index contributed by atoms with van der Waals surface area (Å²) < 4.78 is 0. The van der Waals surface area contributed by atoms with Crippen LogP contribution in [0, 0.1) is 0 Å². The molecule has 1 aliphatic carbocycles. The summed E-state index contributed by atoms with van der Waals surface area (Å²) in [5.74, 6) is -1.55. The average molecular weight is 364 g/mol. The number of rotatable bonds is 4. The first-order chi connectivity index (χ1) is 12.9. The summed E-state index contributed by atoms with van der Waals surface area (Å²) in [6.45, 7) is 3.32. The number of carbonyl (C=O) groups excluding carboxylic acids is 3. The van der Waals surface area contributed by atoms with Crippen LogP contribution in [0.1, 0.15) is 59.8 Å². The van der Waals surface area contributed by atoms with Crippen molar-refractivity contribution in [1.82, 2.24) is 5.32 Å². The highest BCUT2D eigenvalue weighted by Gasteiger charge is 2.19. The summed E-state index contributed by atoms with van der Waals surface area (Å²) in [5.41, 5.74) is 4.62. The molecule has 1 atom stereocenters. The Bertz CT molecular complexity index is 889. The van der Waals surface area contributed by atoms with Gasteiger partial charge in [-0.3, -0.25) is 14.4 Å². The van der Waals surface area contributed by atoms with Gasteiger partial charge in [0, 0.05) is 11.3 Å². The predicted molar refractivity (Wildman–Crippen MR) is 105 cm³/mol. The monoisotopic (exact) mass is 364 g/mol. The van der Waals surface area contributed by atoms with Crippen LogP contribution in [0.25, 0.3) is 0 Å². The highest BCUT2D eigenvalue weighted by atomic mass is 16.2. The molecule has 3 rings (SSSR count). The van der Waals surface area contributed by atoms with Gasteiger partial charge in [0.25, 0.3) is 0 Å². The summed E-state index contributed by atoms with van der Waals surface area (Å²) in [6.07, 6.45) is 4.59. The van der Waals surface area contributed by atoms with E-state index in [1.807, 2.05) is 13.0 Å². The quantitative estimate of drug-likeness (QED) is 0.643. The standard InChI is InChI=1S/C22H24N2O3/c1-14(17-11-10-16-6-3-4-7-19(16)12-17)23-21(26)22(27)24-20-9-5-8-18(13-20)15(2)25/h5,8-14H,3-4,6-7H2,1-2H3,(H,23,26)(H,24,27). The predicted octanol–water partition coefficient (Wildman–Crippen LogP) is 3.58. The zero-order chi connectivity index (χ0) is 19.4. The van der Waals surface area contributed by atoms with Crippen LogP contribution >= 0.6 is 0 Å². The number of Topliss-reactive ketones (excluding diaryl/α,β-unsaturated/α-hetero) is 1. The van der Waals surface area contributed by atoms with Crippen LogP contribution in [0.4, 0.5) is 5.69 Å². The van der Waals surface area contributed by atoms with Crippen molar-refractivity contribution in [2.75, 3.05) is 5.32 Å². The number of amides is 2. The van der Waals surface area contributed by atoms with E-state index in [-0.39, 0.29) is 11.8 Å². The SMILES string of the molecule is CC(=O)c1cccc(NC(=O)C(=O)NC(C)c2ccc3c(c2)CCCC3)c1. The molecule has 5 heteroatoms. The number of hydrogen-bond acceptors (Lipinski definition) is 3. The Morgan fingerprint density at radius 3 is 2.41 bits per heavy atom. The Balaban J connectivity index is 1.63. The first-order valence-electron chi connectivity index (χ1n) is 9.28. The van der Waals surface area contributed by atoms with Crippen molar-refractivity contribution in [1.29, 1.82) is 0 Å². The smallest absolute Gasteiger partial charge is 0.313 e. The van der Waals surface area contributed by atoms with Crippen LogP contribution in [0.2, 0.25) is 0 Å². The molecule has 0 saturated carbocycles. The lowest BCUT2D eigenvalue weighted by atomic mass is 9.89. The molecular formula is C22H24N2O3. The Morgan fingerprint density at radius 2 is 1.67 bits per heavy atom. The molecule has 0 bridgehead atoms. The summed E-state index contributed by atoms with van der Waals surface area (Å²) in [5, 5.41) is 5.28. The highest BCUT2D eigenvalue weighted by molar-refractivity contribution is 6.39. The zero-order valence-corrected chi connectivity index (χ0v) is 15.7. The number of aryl methyl sites for hydroxylation is 2. The molecule has 0 fully saturated rings. The molecule has 2 aromatic rings. The molecule has 2 N–H and O–H groups in total. The van der Waals surface area contributed by atoms with E-state index >= 15 is 0 Å². The van der Waals surface area contributed by atoms with E-state index in [1.54, 1.807) is 24.3 Å². The number of benzene rings is 2. The first kappa shape index (κ1) is 18.8. The van der Waals surface area contributed by atoms with Crippen LogP contribution in [-0.4, -0.2) is 17.6 Å². The van der Waals surface area contributed by atoms with Crippen molar-refractivity contribution >= 4 is 23.3 Å². The molecule has 27 heavy (non-hydrogen) atoms. The van der Waals surface area contributed by atoms with Crippen molar-refractivity contribution < 1.29 is 14.4 Å². The topological polar surface area (TPSA) is 75.3 Å². The van der Waals surface area contributed by atoms with Gasteiger partial charge in [-0.1, -0.05) is 30.3 Å². The second-order valence-electron chi connectivity index (χ2n) is 7.02. The maximum absolute atomic E-state index is 12.2. The number of ketones is 1. The van der Waals surface area contributed by atoms with Crippen molar-refractivity contribution in [2.24, 2.45) is 0 Å². The fourth-order valence-electron chi connectivity index (χ4n) is 3.37. The summed E-state index contributed by atoms with van der Waals surface area (Å²) in [7, 11) is 0. The van der Waals surface area contributed by atoms with E-state index < -0.39 is 11.8 Å². The van der Waals surface area contributed by atoms with Gasteiger partial charge >= 0.3 is 11.8 Å². The van der Waals surface area contributed by atoms with Gasteiger partial charge in [0.05, 0.1) is 6.04 Å². The van der Waals surface area contributed by atoms with E-state index in [2.05, 4.69) is 22.8 Å². The maximum Gasteiger partial charge on any atom is 0.313 e. The van der Waals surface area contributed by atoms with E-state index in [0.717, 1.165) is 18.4 Å². The highest BCUT2D eigenvalue weighted by Crippen LogP contribution is 2.24. The van der Waals surface area contributed by atoms with Gasteiger partial charge in [-0.15, -0.1) is 0 Å². The molecule has 140 valence electrons. The summed E-state index contributed by atoms with van der Waals surface area (Å²) in [6, 6.07) is 12.5. The molecule has 1 unspecified atom stereocenters. The number of carbonyl (C=O) groups is 3. The minimum Gasteiger partial charge on any atom is -0.341 e. The minimum atomic E-state index is -0.750. The Morgan fingerprint density at radius 1 is 0.926 bits per heavy atom. The minimum absolute atomic E-state index is 0.100. The molecule has 0 spiro atoms. The third kappa shape index (κ3) is 4.61. The molecule has 0 aromatic heterocycles. The summed E-state index contributed by atoms with van der Waals surface area (Å²) in [4.78, 5) is 35.9. The lowest BCUT2D eigenvalue weighted by Gasteiger charge is -2.20. The van der Waals surface area contributed by atoms with Crippen molar-refractivity contribution in [3.63, 3.8) is 0 Å². The molecule has 1 aliphatic rings. The van der Waals surface area contributed by atoms with E-state index in [1.165, 1.54) is 30.9 Å². The van der Waals surface area contributed by atoms with Gasteiger partial charge in [-0.2, -0.15) is 0 Å². The van der Waals surface area contributed by atoms with Crippen LogP contribution in [-0.2, 0) is 22.4 Å². The Hall–Kier alpha value is -2.95.